The smallest absolute Gasteiger partial charge is 0.234 e. The Morgan fingerprint density at radius 2 is 2.04 bits per heavy atom. The first-order chi connectivity index (χ1) is 11.9. The number of methoxy groups -OCH3 is 1. The third kappa shape index (κ3) is 5.76. The van der Waals surface area contributed by atoms with Crippen LogP contribution in [0.4, 0.5) is 0 Å². The summed E-state index contributed by atoms with van der Waals surface area (Å²) >= 11 is 6.01. The van der Waals surface area contributed by atoms with Gasteiger partial charge in [-0.3, -0.25) is 9.69 Å². The molecule has 0 radical (unpaired) electrons. The zero-order valence-electron chi connectivity index (χ0n) is 15.2. The van der Waals surface area contributed by atoms with Crippen molar-refractivity contribution in [1.82, 2.24) is 10.2 Å². The second-order valence-electron chi connectivity index (χ2n) is 6.33. The average Bonchev–Trinajstić information content (AvgIpc) is 2.54. The second kappa shape index (κ2) is 8.88. The number of likely N-dealkylation sites (N-methyl/N-ethyl adjacent to an activating group) is 1. The highest BCUT2D eigenvalue weighted by atomic mass is 35.5. The molecule has 1 atom stereocenters. The molecule has 0 saturated carbocycles. The van der Waals surface area contributed by atoms with Gasteiger partial charge in [0.1, 0.15) is 5.75 Å². The van der Waals surface area contributed by atoms with Gasteiger partial charge in [0.15, 0.2) is 0 Å². The maximum atomic E-state index is 12.3. The molecule has 0 fully saturated rings. The molecule has 0 aliphatic carbocycles. The van der Waals surface area contributed by atoms with E-state index in [4.69, 9.17) is 16.3 Å². The average molecular weight is 361 g/mol. The number of nitrogens with zero attached hydrogens (tertiary/aromatic N) is 1. The minimum atomic E-state index is -0.0897. The molecule has 0 heterocycles. The van der Waals surface area contributed by atoms with Crippen molar-refractivity contribution >= 4 is 17.5 Å². The normalized spacial score (nSPS) is 12.1. The summed E-state index contributed by atoms with van der Waals surface area (Å²) in [5.41, 5.74) is 3.23. The van der Waals surface area contributed by atoms with E-state index >= 15 is 0 Å². The minimum Gasteiger partial charge on any atom is -0.496 e. The molecule has 2 aromatic carbocycles. The van der Waals surface area contributed by atoms with Crippen LogP contribution in [-0.4, -0.2) is 31.5 Å². The van der Waals surface area contributed by atoms with Crippen LogP contribution in [0.2, 0.25) is 5.02 Å². The van der Waals surface area contributed by atoms with E-state index in [9.17, 15) is 4.79 Å². The molecule has 0 spiro atoms. The summed E-state index contributed by atoms with van der Waals surface area (Å²) in [5.74, 6) is 0.812. The summed E-state index contributed by atoms with van der Waals surface area (Å²) in [5, 5.41) is 3.68. The lowest BCUT2D eigenvalue weighted by molar-refractivity contribution is -0.122. The molecule has 134 valence electrons. The SMILES string of the molecule is COc1ccc(C)cc1CN(C)CC(=O)NC(C)c1cccc(Cl)c1. The fourth-order valence-electron chi connectivity index (χ4n) is 2.77. The van der Waals surface area contributed by atoms with Gasteiger partial charge in [-0.25, -0.2) is 0 Å². The van der Waals surface area contributed by atoms with E-state index in [1.54, 1.807) is 7.11 Å². The highest BCUT2D eigenvalue weighted by Crippen LogP contribution is 2.21. The van der Waals surface area contributed by atoms with Crippen molar-refractivity contribution in [2.24, 2.45) is 0 Å². The van der Waals surface area contributed by atoms with Crippen LogP contribution in [0, 0.1) is 6.92 Å². The highest BCUT2D eigenvalue weighted by Gasteiger charge is 2.13. The zero-order valence-corrected chi connectivity index (χ0v) is 15.9. The maximum absolute atomic E-state index is 12.3. The van der Waals surface area contributed by atoms with Gasteiger partial charge in [0.2, 0.25) is 5.91 Å². The van der Waals surface area contributed by atoms with Crippen molar-refractivity contribution in [2.45, 2.75) is 26.4 Å². The van der Waals surface area contributed by atoms with E-state index in [0.717, 1.165) is 16.9 Å². The Morgan fingerprint density at radius 3 is 2.72 bits per heavy atom. The van der Waals surface area contributed by atoms with Crippen LogP contribution >= 0.6 is 11.6 Å². The predicted octanol–water partition coefficient (Wildman–Crippen LogP) is 3.97. The van der Waals surface area contributed by atoms with Gasteiger partial charge in [-0.2, -0.15) is 0 Å². The number of aryl methyl sites for hydroxylation is 1. The van der Waals surface area contributed by atoms with Gasteiger partial charge in [0, 0.05) is 17.1 Å². The molecular weight excluding hydrogens is 336 g/mol. The van der Waals surface area contributed by atoms with Crippen LogP contribution < -0.4 is 10.1 Å². The van der Waals surface area contributed by atoms with E-state index in [0.29, 0.717) is 18.1 Å². The Labute approximate surface area is 154 Å². The molecule has 4 nitrogen and oxygen atoms in total. The number of amides is 1. The lowest BCUT2D eigenvalue weighted by atomic mass is 10.1. The van der Waals surface area contributed by atoms with Crippen molar-refractivity contribution in [3.8, 4) is 5.75 Å². The number of nitrogens with one attached hydrogen (secondary N) is 1. The van der Waals surface area contributed by atoms with Crippen LogP contribution in [0.25, 0.3) is 0 Å². The molecule has 0 aliphatic rings. The number of carbonyl (C=O) groups is 1. The van der Waals surface area contributed by atoms with Gasteiger partial charge in [0.05, 0.1) is 19.7 Å². The van der Waals surface area contributed by atoms with Gasteiger partial charge in [0.25, 0.3) is 0 Å². The summed E-state index contributed by atoms with van der Waals surface area (Å²) in [4.78, 5) is 14.3. The van der Waals surface area contributed by atoms with E-state index < -0.39 is 0 Å². The summed E-state index contributed by atoms with van der Waals surface area (Å²) < 4.78 is 5.40. The lowest BCUT2D eigenvalue weighted by Gasteiger charge is -2.20. The largest absolute Gasteiger partial charge is 0.496 e. The standard InChI is InChI=1S/C20H25ClN2O2/c1-14-8-9-19(25-4)17(10-14)12-23(3)13-20(24)22-15(2)16-6-5-7-18(21)11-16/h5-11,15H,12-13H2,1-4H3,(H,22,24). The van der Waals surface area contributed by atoms with Crippen LogP contribution in [0.1, 0.15) is 29.7 Å². The Morgan fingerprint density at radius 1 is 1.28 bits per heavy atom. The Hall–Kier alpha value is -2.04. The van der Waals surface area contributed by atoms with E-state index in [1.807, 2.05) is 62.2 Å². The molecule has 0 bridgehead atoms. The molecule has 25 heavy (non-hydrogen) atoms. The molecule has 2 aromatic rings. The molecule has 1 amide bonds. The van der Waals surface area contributed by atoms with Crippen molar-refractivity contribution in [3.05, 3.63) is 64.2 Å². The van der Waals surface area contributed by atoms with Crippen LogP contribution in [0.15, 0.2) is 42.5 Å². The summed E-state index contributed by atoms with van der Waals surface area (Å²) in [6.07, 6.45) is 0. The van der Waals surface area contributed by atoms with E-state index in [2.05, 4.69) is 11.4 Å². The molecule has 0 aliphatic heterocycles. The summed E-state index contributed by atoms with van der Waals surface area (Å²) in [6, 6.07) is 13.5. The third-order valence-corrected chi connectivity index (χ3v) is 4.25. The van der Waals surface area contributed by atoms with Crippen molar-refractivity contribution in [2.75, 3.05) is 20.7 Å². The minimum absolute atomic E-state index is 0.0263. The highest BCUT2D eigenvalue weighted by molar-refractivity contribution is 6.30. The molecule has 1 unspecified atom stereocenters. The van der Waals surface area contributed by atoms with Crippen LogP contribution in [0.5, 0.6) is 5.75 Å². The number of hydrogen-bond acceptors (Lipinski definition) is 3. The molecular formula is C20H25ClN2O2. The van der Waals surface area contributed by atoms with E-state index in [-0.39, 0.29) is 11.9 Å². The molecule has 2 rings (SSSR count). The lowest BCUT2D eigenvalue weighted by Crippen LogP contribution is -2.36. The zero-order chi connectivity index (χ0) is 18.4. The number of hydrogen-bond donors (Lipinski definition) is 1. The first-order valence-electron chi connectivity index (χ1n) is 8.26. The summed E-state index contributed by atoms with van der Waals surface area (Å²) in [7, 11) is 3.58. The van der Waals surface area contributed by atoms with Gasteiger partial charge in [-0.05, 0) is 44.7 Å². The Bertz CT molecular complexity index is 733. The molecule has 5 heteroatoms. The fourth-order valence-corrected chi connectivity index (χ4v) is 2.97. The number of benzene rings is 2. The quantitative estimate of drug-likeness (QED) is 0.812. The molecule has 0 saturated heterocycles. The third-order valence-electron chi connectivity index (χ3n) is 4.02. The van der Waals surface area contributed by atoms with Gasteiger partial charge in [-0.1, -0.05) is 41.4 Å². The maximum Gasteiger partial charge on any atom is 0.234 e. The summed E-state index contributed by atoms with van der Waals surface area (Å²) in [6.45, 7) is 4.95. The van der Waals surface area contributed by atoms with Crippen molar-refractivity contribution < 1.29 is 9.53 Å². The Kier molecular flexibility index (Phi) is 6.85. The van der Waals surface area contributed by atoms with Gasteiger partial charge in [-0.15, -0.1) is 0 Å². The number of carbonyl (C=O) groups excluding carboxylic acids is 1. The first-order valence-corrected chi connectivity index (χ1v) is 8.63. The molecule has 0 aromatic heterocycles. The van der Waals surface area contributed by atoms with E-state index in [1.165, 1.54) is 5.56 Å². The molecule has 1 N–H and O–H groups in total. The van der Waals surface area contributed by atoms with Crippen LogP contribution in [0.3, 0.4) is 0 Å². The Balaban J connectivity index is 1.93. The number of halogens is 1. The monoisotopic (exact) mass is 360 g/mol. The number of ether oxygens (including phenoxy) is 1. The first kappa shape index (κ1) is 19.3. The van der Waals surface area contributed by atoms with Gasteiger partial charge >= 0.3 is 0 Å². The van der Waals surface area contributed by atoms with Crippen molar-refractivity contribution in [3.63, 3.8) is 0 Å². The van der Waals surface area contributed by atoms with Crippen LogP contribution in [-0.2, 0) is 11.3 Å². The topological polar surface area (TPSA) is 41.6 Å². The second-order valence-corrected chi connectivity index (χ2v) is 6.77. The predicted molar refractivity (Wildman–Crippen MR) is 102 cm³/mol. The van der Waals surface area contributed by atoms with Crippen molar-refractivity contribution in [1.29, 1.82) is 0 Å². The fraction of sp³-hybridized carbons (Fsp3) is 0.350. The van der Waals surface area contributed by atoms with Gasteiger partial charge < -0.3 is 10.1 Å². The number of rotatable bonds is 7.